The second-order valence-electron chi connectivity index (χ2n) is 6.00. The first-order valence-electron chi connectivity index (χ1n) is 8.45. The molecular formula is C19H15FN6OS. The third-order valence-electron chi connectivity index (χ3n) is 4.04. The first-order valence-corrected chi connectivity index (χ1v) is 9.33. The second-order valence-corrected chi connectivity index (χ2v) is 6.83. The smallest absolute Gasteiger partial charge is 0.250 e. The fourth-order valence-corrected chi connectivity index (χ4v) is 3.49. The Bertz CT molecular complexity index is 1050. The van der Waals surface area contributed by atoms with E-state index in [4.69, 9.17) is 0 Å². The van der Waals surface area contributed by atoms with Crippen LogP contribution >= 0.6 is 11.3 Å². The van der Waals surface area contributed by atoms with Gasteiger partial charge in [-0.05, 0) is 28.1 Å². The lowest BCUT2D eigenvalue weighted by atomic mass is 10.2. The summed E-state index contributed by atoms with van der Waals surface area (Å²) in [5, 5.41) is 13.3. The Labute approximate surface area is 164 Å². The van der Waals surface area contributed by atoms with Gasteiger partial charge in [0.15, 0.2) is 5.13 Å². The molecule has 0 fully saturated rings. The summed E-state index contributed by atoms with van der Waals surface area (Å²) in [4.78, 5) is 19.1. The number of halogens is 1. The SMILES string of the molecule is O=C(Cn1cnnn1)N(Cc1ccc(F)cc1)c1nc(-c2ccccc2)cs1. The molecular weight excluding hydrogens is 379 g/mol. The number of hydrogen-bond acceptors (Lipinski definition) is 6. The van der Waals surface area contributed by atoms with Gasteiger partial charge in [-0.3, -0.25) is 9.69 Å². The number of carbonyl (C=O) groups is 1. The molecule has 9 heteroatoms. The molecule has 0 radical (unpaired) electrons. The zero-order valence-corrected chi connectivity index (χ0v) is 15.5. The Balaban J connectivity index is 1.63. The van der Waals surface area contributed by atoms with Crippen molar-refractivity contribution < 1.29 is 9.18 Å². The number of carbonyl (C=O) groups excluding carboxylic acids is 1. The Hall–Kier alpha value is -3.46. The van der Waals surface area contributed by atoms with E-state index in [0.717, 1.165) is 16.8 Å². The molecule has 0 saturated heterocycles. The molecule has 0 atom stereocenters. The third-order valence-corrected chi connectivity index (χ3v) is 4.90. The van der Waals surface area contributed by atoms with Gasteiger partial charge in [-0.15, -0.1) is 16.4 Å². The van der Waals surface area contributed by atoms with Crippen molar-refractivity contribution in [1.82, 2.24) is 25.2 Å². The van der Waals surface area contributed by atoms with Crippen LogP contribution in [0.4, 0.5) is 9.52 Å². The van der Waals surface area contributed by atoms with Gasteiger partial charge in [-0.1, -0.05) is 42.5 Å². The fraction of sp³-hybridized carbons (Fsp3) is 0.105. The highest BCUT2D eigenvalue weighted by molar-refractivity contribution is 7.14. The molecule has 4 aromatic rings. The Morgan fingerprint density at radius 3 is 2.61 bits per heavy atom. The number of tetrazole rings is 1. The van der Waals surface area contributed by atoms with Crippen LogP contribution in [0.3, 0.4) is 0 Å². The van der Waals surface area contributed by atoms with E-state index in [0.29, 0.717) is 5.13 Å². The predicted molar refractivity (Wildman–Crippen MR) is 103 cm³/mol. The van der Waals surface area contributed by atoms with Gasteiger partial charge < -0.3 is 0 Å². The maximum atomic E-state index is 13.2. The quantitative estimate of drug-likeness (QED) is 0.502. The topological polar surface area (TPSA) is 76.8 Å². The monoisotopic (exact) mass is 394 g/mol. The van der Waals surface area contributed by atoms with Gasteiger partial charge in [-0.2, -0.15) is 0 Å². The molecule has 2 heterocycles. The molecule has 0 N–H and O–H groups in total. The van der Waals surface area contributed by atoms with Crippen molar-refractivity contribution in [1.29, 1.82) is 0 Å². The van der Waals surface area contributed by atoms with Crippen LogP contribution in [0.15, 0.2) is 66.3 Å². The maximum absolute atomic E-state index is 13.2. The van der Waals surface area contributed by atoms with Crippen LogP contribution in [0.1, 0.15) is 5.56 Å². The molecule has 0 aliphatic carbocycles. The lowest BCUT2D eigenvalue weighted by molar-refractivity contribution is -0.119. The third kappa shape index (κ3) is 4.09. The summed E-state index contributed by atoms with van der Waals surface area (Å²) >= 11 is 1.37. The number of benzene rings is 2. The summed E-state index contributed by atoms with van der Waals surface area (Å²) in [6, 6.07) is 15.8. The summed E-state index contributed by atoms with van der Waals surface area (Å²) in [5.74, 6) is -0.540. The molecule has 140 valence electrons. The van der Waals surface area contributed by atoms with Crippen LogP contribution in [-0.4, -0.2) is 31.1 Å². The largest absolute Gasteiger partial charge is 0.282 e. The van der Waals surface area contributed by atoms with E-state index in [1.165, 1.54) is 34.5 Å². The van der Waals surface area contributed by atoms with Gasteiger partial charge >= 0.3 is 0 Å². The summed E-state index contributed by atoms with van der Waals surface area (Å²) in [6.45, 7) is 0.247. The minimum Gasteiger partial charge on any atom is -0.282 e. The molecule has 0 spiro atoms. The Morgan fingerprint density at radius 2 is 1.89 bits per heavy atom. The van der Waals surface area contributed by atoms with Crippen molar-refractivity contribution in [2.24, 2.45) is 0 Å². The normalized spacial score (nSPS) is 10.8. The van der Waals surface area contributed by atoms with Crippen LogP contribution in [0, 0.1) is 5.82 Å². The van der Waals surface area contributed by atoms with E-state index >= 15 is 0 Å². The van der Waals surface area contributed by atoms with Crippen LogP contribution < -0.4 is 4.90 Å². The van der Waals surface area contributed by atoms with Crippen LogP contribution in [0.5, 0.6) is 0 Å². The molecule has 2 aromatic carbocycles. The summed E-state index contributed by atoms with van der Waals surface area (Å²) in [7, 11) is 0. The number of nitrogens with zero attached hydrogens (tertiary/aromatic N) is 6. The van der Waals surface area contributed by atoms with Gasteiger partial charge in [0.25, 0.3) is 5.91 Å². The van der Waals surface area contributed by atoms with Gasteiger partial charge in [0.05, 0.1) is 12.2 Å². The molecule has 2 aromatic heterocycles. The van der Waals surface area contributed by atoms with Gasteiger partial charge in [0.2, 0.25) is 0 Å². The zero-order valence-electron chi connectivity index (χ0n) is 14.6. The van der Waals surface area contributed by atoms with Crippen molar-refractivity contribution in [3.63, 3.8) is 0 Å². The highest BCUT2D eigenvalue weighted by atomic mass is 32.1. The highest BCUT2D eigenvalue weighted by Crippen LogP contribution is 2.28. The van der Waals surface area contributed by atoms with Gasteiger partial charge in [-0.25, -0.2) is 14.1 Å². The highest BCUT2D eigenvalue weighted by Gasteiger charge is 2.21. The summed E-state index contributed by atoms with van der Waals surface area (Å²) in [5.41, 5.74) is 2.56. The maximum Gasteiger partial charge on any atom is 0.250 e. The molecule has 0 aliphatic heterocycles. The molecule has 0 unspecified atom stereocenters. The number of aromatic nitrogens is 5. The lowest BCUT2D eigenvalue weighted by Crippen LogP contribution is -2.33. The van der Waals surface area contributed by atoms with Crippen LogP contribution in [0.2, 0.25) is 0 Å². The van der Waals surface area contributed by atoms with E-state index in [2.05, 4.69) is 20.5 Å². The Kier molecular flexibility index (Phi) is 5.16. The van der Waals surface area contributed by atoms with E-state index in [1.807, 2.05) is 35.7 Å². The minimum atomic E-state index is -0.323. The molecule has 0 saturated carbocycles. The average Bonchev–Trinajstić information content (AvgIpc) is 3.40. The average molecular weight is 394 g/mol. The number of amides is 1. The first-order chi connectivity index (χ1) is 13.7. The zero-order chi connectivity index (χ0) is 19.3. The van der Waals surface area contributed by atoms with Crippen molar-refractivity contribution in [3.8, 4) is 11.3 Å². The van der Waals surface area contributed by atoms with Crippen molar-refractivity contribution in [3.05, 3.63) is 77.7 Å². The van der Waals surface area contributed by atoms with Crippen molar-refractivity contribution in [2.45, 2.75) is 13.1 Å². The second kappa shape index (κ2) is 8.05. The molecule has 0 aliphatic rings. The van der Waals surface area contributed by atoms with Gasteiger partial charge in [0.1, 0.15) is 18.7 Å². The summed E-state index contributed by atoms with van der Waals surface area (Å²) < 4.78 is 14.6. The number of thiazole rings is 1. The van der Waals surface area contributed by atoms with Gasteiger partial charge in [0, 0.05) is 10.9 Å². The fourth-order valence-electron chi connectivity index (χ4n) is 2.64. The van der Waals surface area contributed by atoms with Crippen molar-refractivity contribution in [2.75, 3.05) is 4.90 Å². The summed E-state index contributed by atoms with van der Waals surface area (Å²) in [6.07, 6.45) is 1.38. The number of hydrogen-bond donors (Lipinski definition) is 0. The van der Waals surface area contributed by atoms with Crippen LogP contribution in [0.25, 0.3) is 11.3 Å². The number of rotatable bonds is 6. The number of anilines is 1. The molecule has 28 heavy (non-hydrogen) atoms. The molecule has 1 amide bonds. The lowest BCUT2D eigenvalue weighted by Gasteiger charge is -2.20. The van der Waals surface area contributed by atoms with E-state index < -0.39 is 0 Å². The van der Waals surface area contributed by atoms with E-state index in [9.17, 15) is 9.18 Å². The minimum absolute atomic E-state index is 0.0194. The molecule has 0 bridgehead atoms. The molecule has 4 rings (SSSR count). The Morgan fingerprint density at radius 1 is 1.11 bits per heavy atom. The molecule has 7 nitrogen and oxygen atoms in total. The van der Waals surface area contributed by atoms with E-state index in [-0.39, 0.29) is 24.8 Å². The standard InChI is InChI=1S/C19H15FN6OS/c20-16-8-6-14(7-9-16)10-26(18(27)11-25-13-21-23-24-25)19-22-17(12-28-19)15-4-2-1-3-5-15/h1-9,12-13H,10-11H2. The first kappa shape index (κ1) is 17.9. The predicted octanol–water partition coefficient (Wildman–Crippen LogP) is 3.17. The van der Waals surface area contributed by atoms with E-state index in [1.54, 1.807) is 17.0 Å². The van der Waals surface area contributed by atoms with Crippen molar-refractivity contribution >= 4 is 22.4 Å². The van der Waals surface area contributed by atoms with Crippen LogP contribution in [-0.2, 0) is 17.9 Å².